The van der Waals surface area contributed by atoms with Crippen LogP contribution in [0.3, 0.4) is 0 Å². The van der Waals surface area contributed by atoms with Crippen LogP contribution in [0.2, 0.25) is 0 Å². The van der Waals surface area contributed by atoms with Crippen LogP contribution in [0.5, 0.6) is 5.75 Å². The van der Waals surface area contributed by atoms with Gasteiger partial charge >= 0.3 is 0 Å². The number of nitrogens with one attached hydrogen (secondary N) is 1. The molecule has 1 aromatic heterocycles. The summed E-state index contributed by atoms with van der Waals surface area (Å²) in [7, 11) is 0. The molecule has 4 nitrogen and oxygen atoms in total. The second-order valence-corrected chi connectivity index (χ2v) is 3.80. The van der Waals surface area contributed by atoms with Crippen molar-refractivity contribution >= 4 is 11.7 Å². The van der Waals surface area contributed by atoms with Gasteiger partial charge in [-0.25, -0.2) is 4.98 Å². The average molecular weight is 242 g/mol. The zero-order chi connectivity index (χ0) is 13.0. The summed E-state index contributed by atoms with van der Waals surface area (Å²) in [4.78, 5) is 15.4. The Morgan fingerprint density at radius 1 is 1.44 bits per heavy atom. The van der Waals surface area contributed by atoms with Gasteiger partial charge in [0.05, 0.1) is 0 Å². The lowest BCUT2D eigenvalue weighted by molar-refractivity contribution is -0.116. The third-order valence-corrected chi connectivity index (χ3v) is 2.58. The van der Waals surface area contributed by atoms with E-state index in [1.54, 1.807) is 30.5 Å². The Morgan fingerprint density at radius 2 is 2.28 bits per heavy atom. The van der Waals surface area contributed by atoms with E-state index in [0.717, 1.165) is 5.56 Å². The fraction of sp³-hybridized carbons (Fsp3) is 0.143. The number of anilines is 1. The van der Waals surface area contributed by atoms with E-state index in [1.807, 2.05) is 0 Å². The highest BCUT2D eigenvalue weighted by molar-refractivity contribution is 5.93. The highest BCUT2D eigenvalue weighted by Crippen LogP contribution is 2.30. The van der Waals surface area contributed by atoms with Gasteiger partial charge in [0.1, 0.15) is 17.3 Å². The quantitative estimate of drug-likeness (QED) is 0.652. The lowest BCUT2D eigenvalue weighted by Crippen LogP contribution is -2.20. The van der Waals surface area contributed by atoms with Gasteiger partial charge in [0.2, 0.25) is 5.91 Å². The van der Waals surface area contributed by atoms with Gasteiger partial charge in [-0.2, -0.15) is 0 Å². The number of rotatable bonds is 4. The molecule has 0 atom stereocenters. The van der Waals surface area contributed by atoms with E-state index < -0.39 is 0 Å². The normalized spacial score (nSPS) is 14.4. The van der Waals surface area contributed by atoms with E-state index in [2.05, 4.69) is 23.5 Å². The maximum absolute atomic E-state index is 11.3. The van der Waals surface area contributed by atoms with Crippen molar-refractivity contribution in [3.8, 4) is 5.75 Å². The van der Waals surface area contributed by atoms with Crippen molar-refractivity contribution in [3.63, 3.8) is 0 Å². The molecule has 1 aliphatic heterocycles. The van der Waals surface area contributed by atoms with Crippen LogP contribution >= 0.6 is 0 Å². The van der Waals surface area contributed by atoms with Gasteiger partial charge in [-0.15, -0.1) is 0 Å². The van der Waals surface area contributed by atoms with Crippen LogP contribution in [0.4, 0.5) is 5.82 Å². The topological polar surface area (TPSA) is 51.2 Å². The van der Waals surface area contributed by atoms with Crippen molar-refractivity contribution in [3.05, 3.63) is 55.0 Å². The standard InChI is InChI=1S/C14H14N2O2/c1-3-5-10(4-2)18-12-8-9-15-14-11(12)6-7-13(17)16-14/h3-5,8-9H,1-2,6-7H2,(H,15,16,17). The Morgan fingerprint density at radius 3 is 3.00 bits per heavy atom. The van der Waals surface area contributed by atoms with Gasteiger partial charge in [0.15, 0.2) is 0 Å². The summed E-state index contributed by atoms with van der Waals surface area (Å²) in [5.41, 5.74) is 0.911. The highest BCUT2D eigenvalue weighted by atomic mass is 16.5. The smallest absolute Gasteiger partial charge is 0.225 e. The van der Waals surface area contributed by atoms with Gasteiger partial charge in [0.25, 0.3) is 0 Å². The molecule has 0 aliphatic carbocycles. The van der Waals surface area contributed by atoms with E-state index in [1.165, 1.54) is 0 Å². The van der Waals surface area contributed by atoms with Gasteiger partial charge in [-0.05, 0) is 24.6 Å². The lowest BCUT2D eigenvalue weighted by atomic mass is 10.1. The first kappa shape index (κ1) is 12.1. The molecule has 0 radical (unpaired) electrons. The second-order valence-electron chi connectivity index (χ2n) is 3.80. The zero-order valence-corrected chi connectivity index (χ0v) is 9.98. The number of amides is 1. The minimum Gasteiger partial charge on any atom is -0.457 e. The number of allylic oxidation sites excluding steroid dienone is 3. The molecule has 18 heavy (non-hydrogen) atoms. The molecular formula is C14H14N2O2. The van der Waals surface area contributed by atoms with E-state index in [0.29, 0.717) is 30.2 Å². The van der Waals surface area contributed by atoms with Crippen molar-refractivity contribution in [2.45, 2.75) is 12.8 Å². The molecule has 1 aliphatic rings. The van der Waals surface area contributed by atoms with Gasteiger partial charge in [-0.1, -0.05) is 19.2 Å². The maximum atomic E-state index is 11.3. The Labute approximate surface area is 106 Å². The van der Waals surface area contributed by atoms with Gasteiger partial charge in [0, 0.05) is 18.2 Å². The van der Waals surface area contributed by atoms with Crippen LogP contribution in [0.15, 0.2) is 49.4 Å². The number of carbonyl (C=O) groups is 1. The number of aromatic nitrogens is 1. The number of hydrogen-bond donors (Lipinski definition) is 1. The molecule has 2 rings (SSSR count). The first-order chi connectivity index (χ1) is 8.74. The summed E-state index contributed by atoms with van der Waals surface area (Å²) < 4.78 is 5.72. The molecular weight excluding hydrogens is 228 g/mol. The van der Waals surface area contributed by atoms with Crippen molar-refractivity contribution < 1.29 is 9.53 Å². The second kappa shape index (κ2) is 5.31. The number of pyridine rings is 1. The Hall–Kier alpha value is -2.36. The Bertz CT molecular complexity index is 533. The third-order valence-electron chi connectivity index (χ3n) is 2.58. The van der Waals surface area contributed by atoms with Gasteiger partial charge < -0.3 is 10.1 Å². The molecule has 1 N–H and O–H groups in total. The fourth-order valence-electron chi connectivity index (χ4n) is 1.74. The van der Waals surface area contributed by atoms with Crippen molar-refractivity contribution in [2.75, 3.05) is 5.32 Å². The van der Waals surface area contributed by atoms with E-state index in [4.69, 9.17) is 4.74 Å². The minimum absolute atomic E-state index is 0.0160. The van der Waals surface area contributed by atoms with Crippen LogP contribution in [0.1, 0.15) is 12.0 Å². The molecule has 0 aromatic carbocycles. The number of fused-ring (bicyclic) bond motifs is 1. The minimum atomic E-state index is -0.0160. The Balaban J connectivity index is 2.32. The predicted octanol–water partition coefficient (Wildman–Crippen LogP) is 2.60. The molecule has 0 bridgehead atoms. The van der Waals surface area contributed by atoms with Crippen molar-refractivity contribution in [1.29, 1.82) is 0 Å². The summed E-state index contributed by atoms with van der Waals surface area (Å²) >= 11 is 0. The summed E-state index contributed by atoms with van der Waals surface area (Å²) in [5, 5.41) is 2.73. The number of nitrogens with zero attached hydrogens (tertiary/aromatic N) is 1. The number of carbonyl (C=O) groups excluding carboxylic acids is 1. The molecule has 0 saturated carbocycles. The van der Waals surface area contributed by atoms with Crippen molar-refractivity contribution in [2.24, 2.45) is 0 Å². The molecule has 0 saturated heterocycles. The Kier molecular flexibility index (Phi) is 3.57. The van der Waals surface area contributed by atoms with Crippen LogP contribution in [0.25, 0.3) is 0 Å². The summed E-state index contributed by atoms with van der Waals surface area (Å²) in [5.74, 6) is 1.85. The first-order valence-corrected chi connectivity index (χ1v) is 5.65. The van der Waals surface area contributed by atoms with E-state index in [9.17, 15) is 4.79 Å². The predicted molar refractivity (Wildman–Crippen MR) is 70.3 cm³/mol. The lowest BCUT2D eigenvalue weighted by Gasteiger charge is -2.18. The molecule has 92 valence electrons. The molecule has 1 aromatic rings. The summed E-state index contributed by atoms with van der Waals surface area (Å²) in [6, 6.07) is 1.77. The van der Waals surface area contributed by atoms with Crippen LogP contribution in [-0.2, 0) is 11.2 Å². The maximum Gasteiger partial charge on any atom is 0.225 e. The molecule has 0 unspecified atom stereocenters. The first-order valence-electron chi connectivity index (χ1n) is 5.65. The molecule has 0 spiro atoms. The summed E-state index contributed by atoms with van der Waals surface area (Å²) in [6.45, 7) is 7.29. The van der Waals surface area contributed by atoms with Crippen LogP contribution in [0, 0.1) is 0 Å². The zero-order valence-electron chi connectivity index (χ0n) is 9.98. The van der Waals surface area contributed by atoms with E-state index >= 15 is 0 Å². The molecule has 0 fully saturated rings. The molecule has 2 heterocycles. The third kappa shape index (κ3) is 2.48. The largest absolute Gasteiger partial charge is 0.457 e. The number of ether oxygens (including phenoxy) is 1. The number of hydrogen-bond acceptors (Lipinski definition) is 3. The molecule has 4 heteroatoms. The van der Waals surface area contributed by atoms with Crippen molar-refractivity contribution in [1.82, 2.24) is 4.98 Å². The monoisotopic (exact) mass is 242 g/mol. The van der Waals surface area contributed by atoms with Crippen LogP contribution < -0.4 is 10.1 Å². The fourth-order valence-corrected chi connectivity index (χ4v) is 1.74. The summed E-state index contributed by atoms with van der Waals surface area (Å²) in [6.07, 6.45) is 7.64. The SMILES string of the molecule is C=CC=C(C=C)Oc1ccnc2c1CCC(=O)N2. The van der Waals surface area contributed by atoms with Gasteiger partial charge in [-0.3, -0.25) is 4.79 Å². The average Bonchev–Trinajstić information content (AvgIpc) is 2.38. The van der Waals surface area contributed by atoms with Crippen LogP contribution in [-0.4, -0.2) is 10.9 Å². The van der Waals surface area contributed by atoms with E-state index in [-0.39, 0.29) is 5.91 Å². The highest BCUT2D eigenvalue weighted by Gasteiger charge is 2.19. The molecule has 1 amide bonds.